The second-order valence-corrected chi connectivity index (χ2v) is 8.30. The quantitative estimate of drug-likeness (QED) is 0.335. The minimum Gasteiger partial charge on any atom is -0.493 e. The number of thiophene rings is 1. The Morgan fingerprint density at radius 3 is 2.25 bits per heavy atom. The monoisotopic (exact) mass is 439 g/mol. The minimum absolute atomic E-state index is 0.161. The summed E-state index contributed by atoms with van der Waals surface area (Å²) in [5.74, 6) is 1.09. The summed E-state index contributed by atoms with van der Waals surface area (Å²) in [4.78, 5) is 17.4. The van der Waals surface area contributed by atoms with Crippen LogP contribution in [0.15, 0.2) is 89.0 Å². The predicted octanol–water partition coefficient (Wildman–Crippen LogP) is 6.61. The molecular formula is C27H21NO3S. The van der Waals surface area contributed by atoms with E-state index in [4.69, 9.17) is 9.47 Å². The normalized spacial score (nSPS) is 10.9. The molecule has 5 rings (SSSR count). The molecule has 0 saturated carbocycles. The highest BCUT2D eigenvalue weighted by Gasteiger charge is 2.21. The number of H-pyrrole nitrogens is 1. The number of methoxy groups -OCH3 is 2. The molecular weight excluding hydrogens is 418 g/mol. The van der Waals surface area contributed by atoms with E-state index >= 15 is 0 Å². The average molecular weight is 440 g/mol. The summed E-state index contributed by atoms with van der Waals surface area (Å²) in [5, 5.41) is 2.88. The average Bonchev–Trinajstić information content (AvgIpc) is 3.37. The summed E-state index contributed by atoms with van der Waals surface area (Å²) in [7, 11) is 3.17. The molecule has 3 aromatic carbocycles. The van der Waals surface area contributed by atoms with E-state index in [0.717, 1.165) is 32.5 Å². The van der Waals surface area contributed by atoms with Crippen molar-refractivity contribution in [1.29, 1.82) is 0 Å². The summed E-state index contributed by atoms with van der Waals surface area (Å²) in [6.45, 7) is 0. The zero-order valence-electron chi connectivity index (χ0n) is 17.7. The molecule has 5 heteroatoms. The maximum absolute atomic E-state index is 13.4. The lowest BCUT2D eigenvalue weighted by atomic mass is 9.92. The van der Waals surface area contributed by atoms with Gasteiger partial charge in [0.15, 0.2) is 11.5 Å². The third-order valence-corrected chi connectivity index (χ3v) is 6.44. The van der Waals surface area contributed by atoms with Crippen molar-refractivity contribution in [1.82, 2.24) is 4.98 Å². The van der Waals surface area contributed by atoms with E-state index < -0.39 is 0 Å². The van der Waals surface area contributed by atoms with Gasteiger partial charge in [-0.15, -0.1) is 11.3 Å². The Morgan fingerprint density at radius 1 is 0.750 bits per heavy atom. The number of pyridine rings is 1. The second kappa shape index (κ2) is 8.36. The topological polar surface area (TPSA) is 51.3 Å². The van der Waals surface area contributed by atoms with Gasteiger partial charge in [0.2, 0.25) is 0 Å². The number of ether oxygens (including phenoxy) is 2. The van der Waals surface area contributed by atoms with E-state index in [1.807, 2.05) is 53.9 Å². The maximum atomic E-state index is 13.4. The van der Waals surface area contributed by atoms with Gasteiger partial charge in [-0.3, -0.25) is 4.79 Å². The largest absolute Gasteiger partial charge is 0.493 e. The van der Waals surface area contributed by atoms with Gasteiger partial charge in [-0.2, -0.15) is 0 Å². The number of rotatable bonds is 5. The van der Waals surface area contributed by atoms with Crippen LogP contribution in [-0.4, -0.2) is 19.2 Å². The standard InChI is InChI=1S/C27H21NO3S/c1-30-21-14-13-20-23(19-11-6-10-18(16-19)17-8-4-3-5-9-17)24(22-12-7-15-32-22)27(29)28-25(20)26(21)31-2/h3-16H,1-2H3,(H,28,29). The van der Waals surface area contributed by atoms with Crippen molar-refractivity contribution in [3.05, 3.63) is 94.6 Å². The molecule has 0 unspecified atom stereocenters. The van der Waals surface area contributed by atoms with Gasteiger partial charge < -0.3 is 14.5 Å². The molecule has 0 aliphatic heterocycles. The van der Waals surface area contributed by atoms with Crippen LogP contribution < -0.4 is 15.0 Å². The van der Waals surface area contributed by atoms with Gasteiger partial charge in [0.25, 0.3) is 5.56 Å². The van der Waals surface area contributed by atoms with Crippen molar-refractivity contribution in [2.45, 2.75) is 0 Å². The molecule has 5 aromatic rings. The molecule has 0 radical (unpaired) electrons. The number of nitrogens with one attached hydrogen (secondary N) is 1. The smallest absolute Gasteiger partial charge is 0.257 e. The highest BCUT2D eigenvalue weighted by molar-refractivity contribution is 7.13. The summed E-state index contributed by atoms with van der Waals surface area (Å²) in [6, 6.07) is 26.3. The maximum Gasteiger partial charge on any atom is 0.257 e. The zero-order valence-corrected chi connectivity index (χ0v) is 18.5. The molecule has 0 aliphatic carbocycles. The van der Waals surface area contributed by atoms with Gasteiger partial charge in [-0.1, -0.05) is 54.6 Å². The fraction of sp³-hybridized carbons (Fsp3) is 0.0741. The van der Waals surface area contributed by atoms with Crippen LogP contribution in [0.1, 0.15) is 0 Å². The number of hydrogen-bond donors (Lipinski definition) is 1. The van der Waals surface area contributed by atoms with Gasteiger partial charge >= 0.3 is 0 Å². The zero-order chi connectivity index (χ0) is 22.1. The molecule has 0 spiro atoms. The van der Waals surface area contributed by atoms with Crippen molar-refractivity contribution in [2.75, 3.05) is 14.2 Å². The molecule has 2 heterocycles. The van der Waals surface area contributed by atoms with Crippen LogP contribution in [0, 0.1) is 0 Å². The van der Waals surface area contributed by atoms with Crippen molar-refractivity contribution >= 4 is 22.2 Å². The van der Waals surface area contributed by atoms with Crippen LogP contribution in [0.5, 0.6) is 11.5 Å². The Morgan fingerprint density at radius 2 is 1.53 bits per heavy atom. The van der Waals surface area contributed by atoms with Gasteiger partial charge in [0, 0.05) is 15.8 Å². The van der Waals surface area contributed by atoms with Gasteiger partial charge in [0.1, 0.15) is 0 Å². The molecule has 0 saturated heterocycles. The van der Waals surface area contributed by atoms with Crippen molar-refractivity contribution in [3.8, 4) is 44.2 Å². The fourth-order valence-electron chi connectivity index (χ4n) is 4.12. The van der Waals surface area contributed by atoms with Crippen LogP contribution in [0.3, 0.4) is 0 Å². The second-order valence-electron chi connectivity index (χ2n) is 7.35. The van der Waals surface area contributed by atoms with Gasteiger partial charge in [-0.25, -0.2) is 0 Å². The SMILES string of the molecule is COc1ccc2c(-c3cccc(-c4ccccc4)c3)c(-c3cccs3)c(=O)[nH]c2c1OC. The first kappa shape index (κ1) is 20.1. The summed E-state index contributed by atoms with van der Waals surface area (Å²) < 4.78 is 11.1. The number of hydrogen-bond acceptors (Lipinski definition) is 4. The predicted molar refractivity (Wildman–Crippen MR) is 132 cm³/mol. The Labute approximate surface area is 189 Å². The Hall–Kier alpha value is -3.83. The van der Waals surface area contributed by atoms with Gasteiger partial charge in [0.05, 0.1) is 25.3 Å². The molecule has 0 aliphatic rings. The highest BCUT2D eigenvalue weighted by atomic mass is 32.1. The van der Waals surface area contributed by atoms with Crippen molar-refractivity contribution in [2.24, 2.45) is 0 Å². The number of aromatic nitrogens is 1. The first-order chi connectivity index (χ1) is 15.7. The number of benzene rings is 3. The first-order valence-electron chi connectivity index (χ1n) is 10.2. The lowest BCUT2D eigenvalue weighted by Gasteiger charge is -2.16. The van der Waals surface area contributed by atoms with E-state index in [2.05, 4.69) is 35.3 Å². The molecule has 0 atom stereocenters. The molecule has 4 nitrogen and oxygen atoms in total. The lowest BCUT2D eigenvalue weighted by molar-refractivity contribution is 0.358. The summed E-state index contributed by atoms with van der Waals surface area (Å²) in [5.41, 5.74) is 5.19. The van der Waals surface area contributed by atoms with E-state index in [1.54, 1.807) is 25.6 Å². The van der Waals surface area contributed by atoms with Crippen LogP contribution in [0.2, 0.25) is 0 Å². The van der Waals surface area contributed by atoms with Crippen LogP contribution >= 0.6 is 11.3 Å². The number of fused-ring (bicyclic) bond motifs is 1. The molecule has 32 heavy (non-hydrogen) atoms. The van der Waals surface area contributed by atoms with Crippen LogP contribution in [-0.2, 0) is 0 Å². The van der Waals surface area contributed by atoms with E-state index in [0.29, 0.717) is 22.6 Å². The molecule has 1 N–H and O–H groups in total. The molecule has 0 fully saturated rings. The van der Waals surface area contributed by atoms with Gasteiger partial charge in [-0.05, 0) is 46.3 Å². The molecule has 2 aromatic heterocycles. The van der Waals surface area contributed by atoms with E-state index in [9.17, 15) is 4.79 Å². The molecule has 0 amide bonds. The van der Waals surface area contributed by atoms with E-state index in [-0.39, 0.29) is 5.56 Å². The third kappa shape index (κ3) is 3.37. The Kier molecular flexibility index (Phi) is 5.25. The first-order valence-corrected chi connectivity index (χ1v) is 11.1. The number of aromatic amines is 1. The highest BCUT2D eigenvalue weighted by Crippen LogP contribution is 2.42. The Bertz CT molecular complexity index is 1450. The summed E-state index contributed by atoms with van der Waals surface area (Å²) in [6.07, 6.45) is 0. The Balaban J connectivity index is 1.87. The van der Waals surface area contributed by atoms with Crippen molar-refractivity contribution < 1.29 is 9.47 Å². The molecule has 0 bridgehead atoms. The van der Waals surface area contributed by atoms with Crippen LogP contribution in [0.4, 0.5) is 0 Å². The fourth-order valence-corrected chi connectivity index (χ4v) is 4.90. The van der Waals surface area contributed by atoms with E-state index in [1.165, 1.54) is 0 Å². The summed E-state index contributed by atoms with van der Waals surface area (Å²) >= 11 is 1.55. The van der Waals surface area contributed by atoms with Crippen molar-refractivity contribution in [3.63, 3.8) is 0 Å². The lowest BCUT2D eigenvalue weighted by Crippen LogP contribution is -2.11. The molecule has 158 valence electrons. The van der Waals surface area contributed by atoms with Crippen LogP contribution in [0.25, 0.3) is 43.6 Å². The third-order valence-electron chi connectivity index (χ3n) is 5.56. The minimum atomic E-state index is -0.161.